The zero-order chi connectivity index (χ0) is 39.0. The summed E-state index contributed by atoms with van der Waals surface area (Å²) in [5.41, 5.74) is 11.4. The van der Waals surface area contributed by atoms with Gasteiger partial charge in [0.2, 0.25) is 11.8 Å². The van der Waals surface area contributed by atoms with Gasteiger partial charge in [0, 0.05) is 24.6 Å². The van der Waals surface area contributed by atoms with Crippen LogP contribution in [-0.4, -0.2) is 117 Å². The first kappa shape index (κ1) is 46.4. The number of carbonyl (C=O) groups is 4. The van der Waals surface area contributed by atoms with Crippen molar-refractivity contribution in [3.8, 4) is 0 Å². The van der Waals surface area contributed by atoms with Crippen molar-refractivity contribution in [2.45, 2.75) is 101 Å². The molecule has 53 heavy (non-hydrogen) atoms. The van der Waals surface area contributed by atoms with Crippen LogP contribution in [0.1, 0.15) is 75.6 Å². The Kier molecular flexibility index (Phi) is 23.6. The Morgan fingerprint density at radius 3 is 2.26 bits per heavy atom. The van der Waals surface area contributed by atoms with Gasteiger partial charge in [-0.25, -0.2) is 4.99 Å². The fourth-order valence-electron chi connectivity index (χ4n) is 5.92. The Morgan fingerprint density at radius 1 is 0.906 bits per heavy atom. The number of aliphatic imine (C=N–C) groups is 1. The van der Waals surface area contributed by atoms with Gasteiger partial charge in [0.25, 0.3) is 5.91 Å². The third-order valence-electron chi connectivity index (χ3n) is 8.49. The van der Waals surface area contributed by atoms with Crippen molar-refractivity contribution in [1.82, 2.24) is 16.0 Å². The molecule has 2 fully saturated rings. The zero-order valence-corrected chi connectivity index (χ0v) is 33.1. The molecule has 0 bridgehead atoms. The van der Waals surface area contributed by atoms with Crippen LogP contribution in [0.25, 0.3) is 26.6 Å². The average Bonchev–Trinajstić information content (AvgIpc) is 3.11. The minimum atomic E-state index is -1.17. The number of fused-ring (bicyclic) bond motifs is 1. The SMILES string of the molecule is C[C@@H]1C[N-]C(CCCNC(=O)CC(CC(=O)O)NC(=O)CNC(=O)c2cccc(N=C(N)N)c2)C[N-][C@@H]2CCCC[C@H]2[N-]CC[N-][C@@H](C)C[N-]1.[Cl][Mn][Cl]. The van der Waals surface area contributed by atoms with Gasteiger partial charge in [-0.1, -0.05) is 52.0 Å². The Labute approximate surface area is 327 Å². The topological polar surface area (TPSA) is 260 Å². The fourth-order valence-corrected chi connectivity index (χ4v) is 5.92. The first-order chi connectivity index (χ1) is 25.4. The van der Waals surface area contributed by atoms with Crippen LogP contribution in [0.15, 0.2) is 29.3 Å². The second-order valence-corrected chi connectivity index (χ2v) is 15.0. The predicted octanol–water partition coefficient (Wildman–Crippen LogP) is 4.28. The van der Waals surface area contributed by atoms with E-state index in [1.807, 2.05) is 0 Å². The average molecular weight is 823 g/mol. The van der Waals surface area contributed by atoms with Crippen LogP contribution in [0.2, 0.25) is 0 Å². The van der Waals surface area contributed by atoms with Crippen LogP contribution in [0.3, 0.4) is 0 Å². The molecule has 0 spiro atoms. The van der Waals surface area contributed by atoms with E-state index < -0.39 is 36.8 Å². The molecule has 2 aliphatic rings. The van der Waals surface area contributed by atoms with Crippen molar-refractivity contribution in [2.24, 2.45) is 16.5 Å². The molecule has 16 nitrogen and oxygen atoms in total. The summed E-state index contributed by atoms with van der Waals surface area (Å²) >= 11 is 0.00694. The van der Waals surface area contributed by atoms with Crippen LogP contribution < -0.4 is 27.4 Å². The molecule has 3 rings (SSSR count). The molecule has 2 unspecified atom stereocenters. The van der Waals surface area contributed by atoms with Gasteiger partial charge in [0.05, 0.1) is 18.7 Å². The number of carbonyl (C=O) groups excluding carboxylic acids is 3. The van der Waals surface area contributed by atoms with Crippen LogP contribution >= 0.6 is 20.2 Å². The summed E-state index contributed by atoms with van der Waals surface area (Å²) in [5.74, 6) is -2.91. The quantitative estimate of drug-likeness (QED) is 0.0728. The first-order valence-corrected chi connectivity index (χ1v) is 21.1. The molecule has 1 saturated heterocycles. The van der Waals surface area contributed by atoms with Crippen molar-refractivity contribution in [3.05, 3.63) is 56.4 Å². The number of hydrogen-bond donors (Lipinski definition) is 6. The minimum absolute atomic E-state index is 0.00694. The third-order valence-corrected chi connectivity index (χ3v) is 8.49. The van der Waals surface area contributed by atoms with Crippen molar-refractivity contribution in [2.75, 3.05) is 45.8 Å². The van der Waals surface area contributed by atoms with Gasteiger partial charge in [0.15, 0.2) is 5.96 Å². The van der Waals surface area contributed by atoms with Gasteiger partial charge in [-0.3, -0.25) is 19.2 Å². The monoisotopic (exact) mass is 821 g/mol. The van der Waals surface area contributed by atoms with E-state index in [-0.39, 0.29) is 67.2 Å². The summed E-state index contributed by atoms with van der Waals surface area (Å²) in [4.78, 5) is 53.2. The summed E-state index contributed by atoms with van der Waals surface area (Å²) in [7, 11) is 9.59. The number of rotatable bonds is 13. The second kappa shape index (κ2) is 26.9. The van der Waals surface area contributed by atoms with E-state index in [4.69, 9.17) is 58.2 Å². The van der Waals surface area contributed by atoms with E-state index in [1.165, 1.54) is 18.6 Å². The standard InChI is InChI=1S/C34H54N11O5.2ClH.Mn/c1-22-18-40-23(2)19-41-26(20-42-29-11-4-3-10-28(29)38-14-13-37-22)9-6-12-39-30(46)16-27(17-32(48)49)44-31(47)21-43-33(50)24-7-5-8-25(15-24)45-34(35)36;;;/h5,7-8,15,22-23,26-29H,3-4,6,9-14,16-21H2,1-2H3,(H,39,46)(H,43,50)(H,44,47)(H,48,49)(H4,35,36,45);2*1H;/q-5;;;+2/p-2/t22-,23+,26?,27?,28+,29+;;;/m0.../s1. The molecular formula is C34H54Cl2MnN11O5-5. The molecule has 1 aliphatic carbocycles. The Morgan fingerprint density at radius 2 is 1.57 bits per heavy atom. The normalized spacial score (nSPS) is 23.2. The van der Waals surface area contributed by atoms with Crippen LogP contribution in [-0.2, 0) is 27.5 Å². The van der Waals surface area contributed by atoms with Crippen LogP contribution in [0.5, 0.6) is 0 Å². The summed E-state index contributed by atoms with van der Waals surface area (Å²) in [6.45, 7) is 7.38. The number of benzene rings is 1. The third kappa shape index (κ3) is 21.1. The fraction of sp³-hybridized carbons (Fsp3) is 0.676. The van der Waals surface area contributed by atoms with Crippen LogP contribution in [0, 0.1) is 0 Å². The van der Waals surface area contributed by atoms with Gasteiger partial charge < -0.3 is 59.1 Å². The maximum atomic E-state index is 12.8. The molecule has 1 aromatic rings. The molecule has 1 saturated carbocycles. The maximum absolute atomic E-state index is 12.8. The molecular weight excluding hydrogens is 768 g/mol. The molecule has 8 N–H and O–H groups in total. The number of amides is 3. The number of guanidine groups is 1. The molecule has 0 radical (unpaired) electrons. The van der Waals surface area contributed by atoms with E-state index in [0.717, 1.165) is 32.2 Å². The van der Waals surface area contributed by atoms with Gasteiger partial charge in [0.1, 0.15) is 0 Å². The van der Waals surface area contributed by atoms with Crippen LogP contribution in [0.4, 0.5) is 5.69 Å². The molecule has 0 aromatic heterocycles. The predicted molar refractivity (Wildman–Crippen MR) is 207 cm³/mol. The van der Waals surface area contributed by atoms with Crippen molar-refractivity contribution >= 4 is 55.5 Å². The van der Waals surface area contributed by atoms with Crippen molar-refractivity contribution in [1.29, 1.82) is 0 Å². The molecule has 3 amide bonds. The molecule has 1 aromatic carbocycles. The second-order valence-electron chi connectivity index (χ2n) is 13.1. The molecule has 301 valence electrons. The Balaban J connectivity index is 0.00000313. The first-order valence-electron chi connectivity index (χ1n) is 17.9. The molecule has 1 aliphatic heterocycles. The van der Waals surface area contributed by atoms with Crippen molar-refractivity contribution in [3.63, 3.8) is 0 Å². The van der Waals surface area contributed by atoms with Gasteiger partial charge >= 0.3 is 39.3 Å². The number of carboxylic acid groups (broad SMARTS) is 1. The summed E-state index contributed by atoms with van der Waals surface area (Å²) in [6.07, 6.45) is 5.10. The number of nitrogens with one attached hydrogen (secondary N) is 3. The molecule has 1 heterocycles. The van der Waals surface area contributed by atoms with Crippen molar-refractivity contribution < 1.29 is 37.4 Å². The Hall–Kier alpha value is -2.73. The van der Waals surface area contributed by atoms with E-state index in [2.05, 4.69) is 34.8 Å². The van der Waals surface area contributed by atoms with E-state index in [0.29, 0.717) is 44.8 Å². The molecule has 19 heteroatoms. The van der Waals surface area contributed by atoms with Gasteiger partial charge in [-0.15, -0.1) is 0 Å². The van der Waals surface area contributed by atoms with E-state index in [1.54, 1.807) is 12.1 Å². The summed E-state index contributed by atoms with van der Waals surface area (Å²) in [6, 6.07) is 5.85. The van der Waals surface area contributed by atoms with Gasteiger partial charge in [-0.05, 0) is 24.6 Å². The number of halogens is 2. The Bertz CT molecular complexity index is 1300. The number of nitrogens with two attached hydrogens (primary N) is 2. The summed E-state index contributed by atoms with van der Waals surface area (Å²) in [5, 5.41) is 41.6. The summed E-state index contributed by atoms with van der Waals surface area (Å²) < 4.78 is 0. The van der Waals surface area contributed by atoms with Gasteiger partial charge in [-0.2, -0.15) is 62.9 Å². The number of carboxylic acids is 1. The number of nitrogens with zero attached hydrogens (tertiary/aromatic N) is 6. The number of aliphatic carboxylic acids is 1. The zero-order valence-electron chi connectivity index (χ0n) is 30.4. The molecule has 6 atom stereocenters. The number of hydrogen-bond acceptors (Lipinski definition) is 5. The van der Waals surface area contributed by atoms with E-state index in [9.17, 15) is 24.3 Å². The van der Waals surface area contributed by atoms with E-state index >= 15 is 0 Å².